The summed E-state index contributed by atoms with van der Waals surface area (Å²) in [6.07, 6.45) is 5.65. The molecule has 0 aliphatic rings. The van der Waals surface area contributed by atoms with Gasteiger partial charge in [0.25, 0.3) is 0 Å². The van der Waals surface area contributed by atoms with Crippen LogP contribution in [0.15, 0.2) is 48.0 Å². The molecule has 15 heteroatoms. The van der Waals surface area contributed by atoms with Gasteiger partial charge in [-0.05, 0) is 36.8 Å². The molecule has 0 fully saturated rings. The van der Waals surface area contributed by atoms with Gasteiger partial charge in [0.2, 0.25) is 17.7 Å². The number of carbonyl (C=O) groups excluding carboxylic acids is 3. The number of carboxylic acids is 1. The minimum absolute atomic E-state index is 0.00644. The number of amides is 3. The number of aromatic amines is 2. The Kier molecular flexibility index (Phi) is 12.3. The van der Waals surface area contributed by atoms with Gasteiger partial charge in [-0.25, -0.2) is 9.78 Å². The zero-order chi connectivity index (χ0) is 32.2. The van der Waals surface area contributed by atoms with Crippen molar-refractivity contribution in [1.29, 1.82) is 0 Å². The highest BCUT2D eigenvalue weighted by molar-refractivity contribution is 5.95. The van der Waals surface area contributed by atoms with Gasteiger partial charge in [0.05, 0.1) is 12.4 Å². The summed E-state index contributed by atoms with van der Waals surface area (Å²) in [4.78, 5) is 66.0. The molecule has 1 aromatic carbocycles. The molecule has 44 heavy (non-hydrogen) atoms. The second-order valence-electron chi connectivity index (χ2n) is 11.1. The number of nitrogens with one attached hydrogen (secondary N) is 5. The predicted octanol–water partition coefficient (Wildman–Crippen LogP) is -0.358. The number of aromatic nitrogens is 3. The van der Waals surface area contributed by atoms with E-state index in [9.17, 15) is 24.3 Å². The summed E-state index contributed by atoms with van der Waals surface area (Å²) >= 11 is 0. The number of carbonyl (C=O) groups is 4. The number of nitrogens with zero attached hydrogens (tertiary/aromatic N) is 2. The van der Waals surface area contributed by atoms with Gasteiger partial charge in [-0.1, -0.05) is 32.0 Å². The minimum atomic E-state index is -1.19. The van der Waals surface area contributed by atoms with E-state index in [1.54, 1.807) is 12.4 Å². The van der Waals surface area contributed by atoms with Crippen molar-refractivity contribution in [3.8, 4) is 0 Å². The number of imidazole rings is 1. The third kappa shape index (κ3) is 10.1. The number of fused-ring (bicyclic) bond motifs is 1. The fraction of sp³-hybridized carbons (Fsp3) is 0.448. The summed E-state index contributed by atoms with van der Waals surface area (Å²) in [6.45, 7) is 3.87. The Bertz CT molecular complexity index is 1430. The maximum absolute atomic E-state index is 13.8. The van der Waals surface area contributed by atoms with Gasteiger partial charge in [-0.3, -0.25) is 19.4 Å². The average molecular weight is 611 g/mol. The average Bonchev–Trinajstić information content (AvgIpc) is 3.63. The van der Waals surface area contributed by atoms with E-state index in [0.29, 0.717) is 12.1 Å². The summed E-state index contributed by atoms with van der Waals surface area (Å²) in [6, 6.07) is 3.13. The number of carboxylic acid groups (broad SMARTS) is 1. The fourth-order valence-corrected chi connectivity index (χ4v) is 4.74. The molecule has 2 heterocycles. The molecule has 4 atom stereocenters. The van der Waals surface area contributed by atoms with Crippen molar-refractivity contribution in [2.45, 2.75) is 70.1 Å². The van der Waals surface area contributed by atoms with Crippen LogP contribution in [0.1, 0.15) is 44.4 Å². The van der Waals surface area contributed by atoms with E-state index in [4.69, 9.17) is 17.2 Å². The van der Waals surface area contributed by atoms with E-state index >= 15 is 0 Å². The highest BCUT2D eigenvalue weighted by Crippen LogP contribution is 2.19. The molecule has 0 aliphatic heterocycles. The number of aliphatic imine (C=N–C) groups is 1. The van der Waals surface area contributed by atoms with E-state index in [2.05, 4.69) is 35.9 Å². The van der Waals surface area contributed by atoms with Crippen LogP contribution in [0.2, 0.25) is 0 Å². The summed E-state index contributed by atoms with van der Waals surface area (Å²) in [5.74, 6) is -3.21. The van der Waals surface area contributed by atoms with Crippen LogP contribution in [-0.2, 0) is 32.0 Å². The minimum Gasteiger partial charge on any atom is -0.480 e. The number of rotatable bonds is 17. The van der Waals surface area contributed by atoms with Crippen molar-refractivity contribution >= 4 is 40.6 Å². The van der Waals surface area contributed by atoms with Gasteiger partial charge in [0.15, 0.2) is 5.96 Å². The third-order valence-electron chi connectivity index (χ3n) is 6.96. The van der Waals surface area contributed by atoms with Crippen molar-refractivity contribution in [1.82, 2.24) is 30.9 Å². The first-order chi connectivity index (χ1) is 20.9. The number of guanidine groups is 1. The number of hydrogen-bond acceptors (Lipinski definition) is 7. The fourth-order valence-electron chi connectivity index (χ4n) is 4.74. The molecule has 0 aliphatic carbocycles. The van der Waals surface area contributed by atoms with Gasteiger partial charge >= 0.3 is 5.97 Å². The summed E-state index contributed by atoms with van der Waals surface area (Å²) in [7, 11) is 0. The van der Waals surface area contributed by atoms with Crippen LogP contribution in [0.3, 0.4) is 0 Å². The van der Waals surface area contributed by atoms with Gasteiger partial charge in [-0.2, -0.15) is 0 Å². The zero-order valence-corrected chi connectivity index (χ0v) is 24.9. The number of H-pyrrole nitrogens is 2. The number of hydrogen-bond donors (Lipinski definition) is 9. The molecule has 15 nitrogen and oxygen atoms in total. The van der Waals surface area contributed by atoms with Crippen molar-refractivity contribution in [3.63, 3.8) is 0 Å². The zero-order valence-electron chi connectivity index (χ0n) is 24.9. The molecule has 0 spiro atoms. The highest BCUT2D eigenvalue weighted by Gasteiger charge is 2.31. The molecule has 0 radical (unpaired) electrons. The molecule has 12 N–H and O–H groups in total. The first kappa shape index (κ1) is 33.6. The summed E-state index contributed by atoms with van der Waals surface area (Å²) < 4.78 is 0. The van der Waals surface area contributed by atoms with Crippen LogP contribution in [0.5, 0.6) is 0 Å². The van der Waals surface area contributed by atoms with Crippen LogP contribution < -0.4 is 33.2 Å². The van der Waals surface area contributed by atoms with Crippen molar-refractivity contribution in [3.05, 3.63) is 54.2 Å². The maximum atomic E-state index is 13.8. The lowest BCUT2D eigenvalue weighted by Crippen LogP contribution is -2.57. The van der Waals surface area contributed by atoms with Gasteiger partial charge in [-0.15, -0.1) is 0 Å². The van der Waals surface area contributed by atoms with E-state index in [1.165, 1.54) is 6.33 Å². The lowest BCUT2D eigenvalue weighted by Gasteiger charge is -2.25. The van der Waals surface area contributed by atoms with E-state index in [1.807, 2.05) is 38.1 Å². The normalized spacial score (nSPS) is 13.9. The largest absolute Gasteiger partial charge is 0.480 e. The van der Waals surface area contributed by atoms with Crippen LogP contribution >= 0.6 is 0 Å². The molecular formula is C29H42N10O5. The number of nitrogens with two attached hydrogens (primary N) is 3. The van der Waals surface area contributed by atoms with Crippen molar-refractivity contribution in [2.75, 3.05) is 6.54 Å². The lowest BCUT2D eigenvalue weighted by atomic mass is 10.0. The first-order valence-electron chi connectivity index (χ1n) is 14.4. The topological polar surface area (TPSA) is 259 Å². The Balaban J connectivity index is 1.84. The molecular weight excluding hydrogens is 568 g/mol. The standard InChI is InChI=1S/C29H42N10O5/c1-16(2)10-24(28(43)44)39-26(41)22(8-5-9-34-29(31)32)37-27(42)23(11-17-13-35-21-7-4-3-6-19(17)21)38-25(40)20(30)12-18-14-33-15-36-18/h3-4,6-7,13-16,20,22-24,35H,5,8-12,30H2,1-2H3,(H,33,36)(H,37,42)(H,38,40)(H,39,41)(H,43,44)(H4,31,32,34). The quantitative estimate of drug-likeness (QED) is 0.0548. The monoisotopic (exact) mass is 610 g/mol. The van der Waals surface area contributed by atoms with Gasteiger partial charge in [0, 0.05) is 48.4 Å². The Morgan fingerprint density at radius 3 is 2.30 bits per heavy atom. The first-order valence-corrected chi connectivity index (χ1v) is 14.4. The Morgan fingerprint density at radius 1 is 0.955 bits per heavy atom. The predicted molar refractivity (Wildman–Crippen MR) is 165 cm³/mol. The summed E-state index contributed by atoms with van der Waals surface area (Å²) in [5, 5.41) is 18.5. The molecule has 238 valence electrons. The summed E-state index contributed by atoms with van der Waals surface area (Å²) in [5.41, 5.74) is 19.2. The Morgan fingerprint density at radius 2 is 1.64 bits per heavy atom. The maximum Gasteiger partial charge on any atom is 0.326 e. The van der Waals surface area contributed by atoms with Crippen LogP contribution in [0, 0.1) is 5.92 Å². The van der Waals surface area contributed by atoms with Crippen molar-refractivity contribution < 1.29 is 24.3 Å². The second-order valence-corrected chi connectivity index (χ2v) is 11.1. The van der Waals surface area contributed by atoms with Crippen LogP contribution in [-0.4, -0.2) is 80.4 Å². The lowest BCUT2D eigenvalue weighted by molar-refractivity contribution is -0.142. The van der Waals surface area contributed by atoms with Crippen LogP contribution in [0.4, 0.5) is 0 Å². The SMILES string of the molecule is CC(C)CC(NC(=O)C(CCCN=C(N)N)NC(=O)C(Cc1c[nH]c2ccccc12)NC(=O)C(N)Cc1cnc[nH]1)C(=O)O. The number of benzene rings is 1. The molecule has 3 amide bonds. The third-order valence-corrected chi connectivity index (χ3v) is 6.96. The van der Waals surface area contributed by atoms with E-state index in [0.717, 1.165) is 16.5 Å². The van der Waals surface area contributed by atoms with E-state index < -0.39 is 47.9 Å². The smallest absolute Gasteiger partial charge is 0.326 e. The van der Waals surface area contributed by atoms with Gasteiger partial charge in [0.1, 0.15) is 18.1 Å². The number of aliphatic carboxylic acids is 1. The van der Waals surface area contributed by atoms with E-state index in [-0.39, 0.29) is 44.1 Å². The van der Waals surface area contributed by atoms with Crippen LogP contribution in [0.25, 0.3) is 10.9 Å². The molecule has 0 saturated heterocycles. The molecule has 4 unspecified atom stereocenters. The second kappa shape index (κ2) is 16.1. The molecule has 0 saturated carbocycles. The Labute approximate surface area is 254 Å². The highest BCUT2D eigenvalue weighted by atomic mass is 16.4. The Hall–Kier alpha value is -4.92. The molecule has 3 aromatic rings. The van der Waals surface area contributed by atoms with Crippen molar-refractivity contribution in [2.24, 2.45) is 28.1 Å². The van der Waals surface area contributed by atoms with Gasteiger partial charge < -0.3 is 48.2 Å². The molecule has 3 rings (SSSR count). The molecule has 0 bridgehead atoms. The number of para-hydroxylation sites is 1. The molecule has 2 aromatic heterocycles.